The molecule has 0 N–H and O–H groups in total. The summed E-state index contributed by atoms with van der Waals surface area (Å²) in [4.78, 5) is 12.0. The zero-order valence-corrected chi connectivity index (χ0v) is 16.1. The predicted molar refractivity (Wildman–Crippen MR) is 105 cm³/mol. The molecule has 0 aliphatic carbocycles. The van der Waals surface area contributed by atoms with Gasteiger partial charge in [0.2, 0.25) is 0 Å². The van der Waals surface area contributed by atoms with Crippen LogP contribution in [0, 0.1) is 5.82 Å². The second-order valence-electron chi connectivity index (χ2n) is 5.85. The largest absolute Gasteiger partial charge is 0.497 e. The number of carbonyl (C=O) groups excluding carboxylic acids is 1. The van der Waals surface area contributed by atoms with Crippen LogP contribution in [0.1, 0.15) is 23.4 Å². The number of thioether (sulfide) groups is 1. The Morgan fingerprint density at radius 2 is 1.85 bits per heavy atom. The van der Waals surface area contributed by atoms with E-state index >= 15 is 0 Å². The van der Waals surface area contributed by atoms with Gasteiger partial charge in [-0.1, -0.05) is 30.0 Å². The van der Waals surface area contributed by atoms with Crippen molar-refractivity contribution in [3.63, 3.8) is 0 Å². The van der Waals surface area contributed by atoms with E-state index in [0.717, 1.165) is 11.3 Å². The minimum Gasteiger partial charge on any atom is -0.497 e. The van der Waals surface area contributed by atoms with E-state index < -0.39 is 0 Å². The van der Waals surface area contributed by atoms with Crippen LogP contribution < -0.4 is 9.47 Å². The zero-order chi connectivity index (χ0) is 19.4. The lowest BCUT2D eigenvalue weighted by Crippen LogP contribution is -2.09. The summed E-state index contributed by atoms with van der Waals surface area (Å²) < 4.78 is 26.9. The topological polar surface area (TPSA) is 40.5 Å². The molecule has 0 aliphatic rings. The van der Waals surface area contributed by atoms with Crippen molar-refractivity contribution in [2.24, 2.45) is 0 Å². The summed E-state index contributed by atoms with van der Waals surface area (Å²) in [6.45, 7) is 1.52. The van der Waals surface area contributed by atoms with E-state index in [9.17, 15) is 9.18 Å². The minimum absolute atomic E-state index is 0.0424. The van der Waals surface area contributed by atoms with Gasteiger partial charge >= 0.3 is 0 Å². The molecule has 1 unspecified atom stereocenters. The lowest BCUT2D eigenvalue weighted by molar-refractivity contribution is -0.109. The molecule has 2 aromatic carbocycles. The van der Waals surface area contributed by atoms with E-state index in [-0.39, 0.29) is 16.2 Å². The Hall–Kier alpha value is -2.73. The van der Waals surface area contributed by atoms with Crippen molar-refractivity contribution in [1.82, 2.24) is 4.57 Å². The number of nitrogens with zero attached hydrogens (tertiary/aromatic N) is 1. The first-order chi connectivity index (χ1) is 13.0. The first-order valence-corrected chi connectivity index (χ1v) is 9.24. The Kier molecular flexibility index (Phi) is 5.86. The summed E-state index contributed by atoms with van der Waals surface area (Å²) in [6.07, 6.45) is 1.79. The Morgan fingerprint density at radius 1 is 1.07 bits per heavy atom. The second-order valence-corrected chi connectivity index (χ2v) is 7.13. The van der Waals surface area contributed by atoms with Gasteiger partial charge in [-0.25, -0.2) is 4.39 Å². The van der Waals surface area contributed by atoms with Gasteiger partial charge in [-0.05, 0) is 30.3 Å². The van der Waals surface area contributed by atoms with Gasteiger partial charge in [0, 0.05) is 30.4 Å². The number of carbonyl (C=O) groups is 1. The molecule has 3 rings (SSSR count). The fourth-order valence-corrected chi connectivity index (χ4v) is 3.92. The van der Waals surface area contributed by atoms with E-state index in [1.54, 1.807) is 49.2 Å². The summed E-state index contributed by atoms with van der Waals surface area (Å²) in [7, 11) is 3.16. The molecule has 0 fully saturated rings. The molecule has 140 valence electrons. The monoisotopic (exact) mass is 385 g/mol. The van der Waals surface area contributed by atoms with E-state index in [1.807, 2.05) is 24.3 Å². The fourth-order valence-electron chi connectivity index (χ4n) is 2.96. The number of ether oxygens (including phenoxy) is 2. The van der Waals surface area contributed by atoms with Gasteiger partial charge in [-0.2, -0.15) is 0 Å². The van der Waals surface area contributed by atoms with Crippen LogP contribution in [0.3, 0.4) is 0 Å². The smallest absolute Gasteiger partial charge is 0.186 e. The number of hydrogen-bond donors (Lipinski definition) is 0. The highest BCUT2D eigenvalue weighted by molar-refractivity contribution is 8.13. The number of para-hydroxylation sites is 1. The van der Waals surface area contributed by atoms with Crippen LogP contribution in [0.2, 0.25) is 0 Å². The number of aromatic nitrogens is 1. The third-order valence-electron chi connectivity index (χ3n) is 4.17. The Morgan fingerprint density at radius 3 is 2.52 bits per heavy atom. The Balaban J connectivity index is 2.15. The molecule has 1 heterocycles. The van der Waals surface area contributed by atoms with Gasteiger partial charge < -0.3 is 14.0 Å². The molecule has 0 aliphatic heterocycles. The lowest BCUT2D eigenvalue weighted by atomic mass is 10.1. The lowest BCUT2D eigenvalue weighted by Gasteiger charge is -2.21. The van der Waals surface area contributed by atoms with Gasteiger partial charge in [0.1, 0.15) is 17.3 Å². The molecule has 4 nitrogen and oxygen atoms in total. The molecule has 27 heavy (non-hydrogen) atoms. The molecule has 0 saturated heterocycles. The highest BCUT2D eigenvalue weighted by Crippen LogP contribution is 2.42. The number of benzene rings is 2. The van der Waals surface area contributed by atoms with Crippen molar-refractivity contribution in [2.75, 3.05) is 14.2 Å². The third-order valence-corrected chi connectivity index (χ3v) is 5.23. The van der Waals surface area contributed by atoms with Crippen LogP contribution in [-0.2, 0) is 4.79 Å². The van der Waals surface area contributed by atoms with Crippen LogP contribution in [-0.4, -0.2) is 23.9 Å². The molecule has 1 atom stereocenters. The summed E-state index contributed by atoms with van der Waals surface area (Å²) in [6, 6.07) is 15.7. The van der Waals surface area contributed by atoms with Crippen LogP contribution in [0.25, 0.3) is 5.69 Å². The third kappa shape index (κ3) is 4.01. The van der Waals surface area contributed by atoms with E-state index in [2.05, 4.69) is 0 Å². The maximum absolute atomic E-state index is 14.4. The summed E-state index contributed by atoms with van der Waals surface area (Å²) in [5.74, 6) is 0.935. The van der Waals surface area contributed by atoms with Crippen molar-refractivity contribution in [1.29, 1.82) is 0 Å². The number of halogens is 1. The molecular weight excluding hydrogens is 365 g/mol. The molecule has 0 amide bonds. The van der Waals surface area contributed by atoms with Crippen LogP contribution >= 0.6 is 11.8 Å². The maximum atomic E-state index is 14.4. The van der Waals surface area contributed by atoms with E-state index in [0.29, 0.717) is 17.2 Å². The highest BCUT2D eigenvalue weighted by Gasteiger charge is 2.25. The van der Waals surface area contributed by atoms with Crippen molar-refractivity contribution >= 4 is 16.9 Å². The second kappa shape index (κ2) is 8.31. The van der Waals surface area contributed by atoms with Crippen LogP contribution in [0.15, 0.2) is 60.8 Å². The molecule has 0 spiro atoms. The standard InChI is InChI=1S/C21H20FNO3S/c1-14(24)27-21(16-11-10-15(25-2)13-20(16)26-3)19-9-6-12-23(19)18-8-5-4-7-17(18)22/h4-13,21H,1-3H3. The molecular formula is C21H20FNO3S. The van der Waals surface area contributed by atoms with E-state index in [1.165, 1.54) is 24.8 Å². The van der Waals surface area contributed by atoms with Gasteiger partial charge in [-0.15, -0.1) is 0 Å². The SMILES string of the molecule is COc1ccc(C(SC(C)=O)c2cccn2-c2ccccc2F)c(OC)c1. The number of hydrogen-bond acceptors (Lipinski definition) is 4. The Labute approximate surface area is 161 Å². The summed E-state index contributed by atoms with van der Waals surface area (Å²) >= 11 is 1.17. The summed E-state index contributed by atoms with van der Waals surface area (Å²) in [5.41, 5.74) is 2.03. The zero-order valence-electron chi connectivity index (χ0n) is 15.3. The van der Waals surface area contributed by atoms with Crippen LogP contribution in [0.4, 0.5) is 4.39 Å². The first kappa shape index (κ1) is 19.0. The van der Waals surface area contributed by atoms with Gasteiger partial charge in [0.15, 0.2) is 5.12 Å². The molecule has 1 aromatic heterocycles. The van der Waals surface area contributed by atoms with Gasteiger partial charge in [-0.3, -0.25) is 4.79 Å². The average molecular weight is 385 g/mol. The maximum Gasteiger partial charge on any atom is 0.186 e. The minimum atomic E-state index is -0.363. The van der Waals surface area contributed by atoms with Gasteiger partial charge in [0.25, 0.3) is 0 Å². The van der Waals surface area contributed by atoms with Crippen molar-refractivity contribution in [3.8, 4) is 17.2 Å². The quantitative estimate of drug-likeness (QED) is 0.599. The average Bonchev–Trinajstić information content (AvgIpc) is 3.15. The summed E-state index contributed by atoms with van der Waals surface area (Å²) in [5, 5.41) is -0.405. The van der Waals surface area contributed by atoms with Crippen molar-refractivity contribution < 1.29 is 18.7 Å². The van der Waals surface area contributed by atoms with E-state index in [4.69, 9.17) is 9.47 Å². The molecule has 0 saturated carbocycles. The highest BCUT2D eigenvalue weighted by atomic mass is 32.2. The molecule has 6 heteroatoms. The molecule has 0 radical (unpaired) electrons. The van der Waals surface area contributed by atoms with Crippen molar-refractivity contribution in [2.45, 2.75) is 12.2 Å². The first-order valence-electron chi connectivity index (χ1n) is 8.36. The van der Waals surface area contributed by atoms with Gasteiger partial charge in [0.05, 0.1) is 25.2 Å². The molecule has 0 bridgehead atoms. The normalized spacial score (nSPS) is 11.9. The number of rotatable bonds is 6. The molecule has 3 aromatic rings. The van der Waals surface area contributed by atoms with Crippen molar-refractivity contribution in [3.05, 3.63) is 77.9 Å². The predicted octanol–water partition coefficient (Wildman–Crippen LogP) is 5.00. The van der Waals surface area contributed by atoms with Crippen LogP contribution in [0.5, 0.6) is 11.5 Å². The fraction of sp³-hybridized carbons (Fsp3) is 0.190. The Bertz CT molecular complexity index is 954. The number of methoxy groups -OCH3 is 2.